The van der Waals surface area contributed by atoms with Crippen molar-refractivity contribution < 1.29 is 5.11 Å². The Balaban J connectivity index is 2.27. The highest BCUT2D eigenvalue weighted by Crippen LogP contribution is 2.40. The number of hydrogen-bond donors (Lipinski definition) is 2. The third-order valence-corrected chi connectivity index (χ3v) is 5.84. The van der Waals surface area contributed by atoms with Crippen LogP contribution < -0.4 is 4.72 Å². The Morgan fingerprint density at radius 3 is 2.35 bits per heavy atom. The molecule has 0 spiro atoms. The van der Waals surface area contributed by atoms with Gasteiger partial charge in [-0.1, -0.05) is 35.1 Å². The lowest BCUT2D eigenvalue weighted by atomic mass is 9.86. The Hall–Kier alpha value is -0.130. The molecule has 1 aliphatic heterocycles. The van der Waals surface area contributed by atoms with Crippen LogP contribution >= 0.6 is 35.1 Å². The van der Waals surface area contributed by atoms with E-state index in [2.05, 4.69) is 37.4 Å². The topological polar surface area (TPSA) is 35.5 Å². The summed E-state index contributed by atoms with van der Waals surface area (Å²) in [4.78, 5) is 2.35. The molecule has 2 rings (SSSR count). The van der Waals surface area contributed by atoms with Crippen LogP contribution in [-0.2, 0) is 0 Å². The molecule has 1 unspecified atom stereocenters. The number of halogens is 2. The molecular formula is C17H26Cl2N2OS. The van der Waals surface area contributed by atoms with Gasteiger partial charge in [0.2, 0.25) is 0 Å². The van der Waals surface area contributed by atoms with E-state index < -0.39 is 0 Å². The molecular weight excluding hydrogens is 351 g/mol. The second kappa shape index (κ2) is 7.83. The maximum Gasteiger partial charge on any atom is 0.121 e. The van der Waals surface area contributed by atoms with E-state index in [0.29, 0.717) is 16.0 Å². The predicted octanol–water partition coefficient (Wildman–Crippen LogP) is 5.12. The summed E-state index contributed by atoms with van der Waals surface area (Å²) in [5, 5.41) is 11.3. The lowest BCUT2D eigenvalue weighted by Gasteiger charge is -2.36. The number of likely N-dealkylation sites (tertiary alicyclic amines) is 1. The van der Waals surface area contributed by atoms with Gasteiger partial charge in [0, 0.05) is 22.4 Å². The van der Waals surface area contributed by atoms with Gasteiger partial charge in [-0.2, -0.15) is 0 Å². The van der Waals surface area contributed by atoms with Crippen LogP contribution in [0.4, 0.5) is 0 Å². The minimum atomic E-state index is 0.0580. The van der Waals surface area contributed by atoms with Crippen molar-refractivity contribution in [3.05, 3.63) is 27.7 Å². The number of phenols is 1. The van der Waals surface area contributed by atoms with E-state index >= 15 is 0 Å². The van der Waals surface area contributed by atoms with Gasteiger partial charge >= 0.3 is 0 Å². The molecule has 1 aromatic carbocycles. The van der Waals surface area contributed by atoms with E-state index in [0.717, 1.165) is 31.5 Å². The Bertz CT molecular complexity index is 540. The van der Waals surface area contributed by atoms with Crippen LogP contribution in [0, 0.1) is 5.92 Å². The van der Waals surface area contributed by atoms with Crippen LogP contribution in [0.25, 0.3) is 0 Å². The number of nitrogens with one attached hydrogen (secondary N) is 1. The summed E-state index contributed by atoms with van der Waals surface area (Å²) in [7, 11) is 2.15. The van der Waals surface area contributed by atoms with E-state index in [1.165, 1.54) is 0 Å². The summed E-state index contributed by atoms with van der Waals surface area (Å²) in [5.41, 5.74) is 0.839. The van der Waals surface area contributed by atoms with Crippen molar-refractivity contribution in [1.82, 2.24) is 9.62 Å². The van der Waals surface area contributed by atoms with E-state index in [-0.39, 0.29) is 16.5 Å². The number of piperidine rings is 1. The molecule has 0 amide bonds. The van der Waals surface area contributed by atoms with Crippen molar-refractivity contribution in [3.8, 4) is 5.75 Å². The van der Waals surface area contributed by atoms with Gasteiger partial charge in [-0.3, -0.25) is 4.72 Å². The van der Waals surface area contributed by atoms with Crippen molar-refractivity contribution in [2.45, 2.75) is 44.4 Å². The number of rotatable bonds is 4. The lowest BCUT2D eigenvalue weighted by molar-refractivity contribution is 0.193. The molecule has 23 heavy (non-hydrogen) atoms. The maximum absolute atomic E-state index is 10.4. The predicted molar refractivity (Wildman–Crippen MR) is 102 cm³/mol. The first-order valence-electron chi connectivity index (χ1n) is 7.97. The van der Waals surface area contributed by atoms with Gasteiger partial charge in [-0.25, -0.2) is 0 Å². The molecule has 0 aromatic heterocycles. The minimum Gasteiger partial charge on any atom is -0.508 e. The van der Waals surface area contributed by atoms with Crippen LogP contribution in [0.1, 0.15) is 45.2 Å². The molecule has 0 radical (unpaired) electrons. The first-order chi connectivity index (χ1) is 10.7. The molecule has 6 heteroatoms. The standard InChI is InChI=1S/C17H26Cl2N2OS/c1-17(2,3)23-20-16(11-5-7-21(4)8-6-11)12-9-13(18)14(19)10-15(12)22/h9-11,16,20,22H,5-8H2,1-4H3. The Labute approximate surface area is 153 Å². The second-order valence-corrected chi connectivity index (χ2v) is 9.75. The molecule has 0 bridgehead atoms. The molecule has 0 aliphatic carbocycles. The van der Waals surface area contributed by atoms with Gasteiger partial charge in [0.1, 0.15) is 5.75 Å². The molecule has 1 aliphatic rings. The minimum absolute atomic E-state index is 0.0580. The molecule has 3 nitrogen and oxygen atoms in total. The van der Waals surface area contributed by atoms with Crippen molar-refractivity contribution in [2.75, 3.05) is 20.1 Å². The van der Waals surface area contributed by atoms with Crippen LogP contribution in [0.15, 0.2) is 12.1 Å². The third-order valence-electron chi connectivity index (χ3n) is 4.13. The van der Waals surface area contributed by atoms with Gasteiger partial charge in [0.25, 0.3) is 0 Å². The zero-order valence-electron chi connectivity index (χ0n) is 14.2. The summed E-state index contributed by atoms with van der Waals surface area (Å²) >= 11 is 13.9. The Kier molecular flexibility index (Phi) is 6.54. The highest BCUT2D eigenvalue weighted by atomic mass is 35.5. The van der Waals surface area contributed by atoms with Gasteiger partial charge < -0.3 is 10.0 Å². The Morgan fingerprint density at radius 1 is 1.22 bits per heavy atom. The van der Waals surface area contributed by atoms with Crippen LogP contribution in [-0.4, -0.2) is 34.9 Å². The number of hydrogen-bond acceptors (Lipinski definition) is 4. The smallest absolute Gasteiger partial charge is 0.121 e. The molecule has 1 heterocycles. The third kappa shape index (κ3) is 5.43. The van der Waals surface area contributed by atoms with Gasteiger partial charge in [-0.05, 0) is 65.7 Å². The van der Waals surface area contributed by atoms with Crippen LogP contribution in [0.3, 0.4) is 0 Å². The van der Waals surface area contributed by atoms with E-state index in [1.807, 2.05) is 0 Å². The number of nitrogens with zero attached hydrogens (tertiary/aromatic N) is 1. The Morgan fingerprint density at radius 2 is 1.78 bits per heavy atom. The summed E-state index contributed by atoms with van der Waals surface area (Å²) in [6.45, 7) is 8.66. The number of phenolic OH excluding ortho intramolecular Hbond substituents is 1. The average molecular weight is 377 g/mol. The van der Waals surface area contributed by atoms with Crippen molar-refractivity contribution >= 4 is 35.1 Å². The molecule has 2 N–H and O–H groups in total. The maximum atomic E-state index is 10.4. The van der Waals surface area contributed by atoms with Crippen molar-refractivity contribution in [3.63, 3.8) is 0 Å². The average Bonchev–Trinajstić information content (AvgIpc) is 2.45. The first-order valence-corrected chi connectivity index (χ1v) is 9.54. The molecule has 1 fully saturated rings. The first kappa shape index (κ1) is 19.2. The summed E-state index contributed by atoms with van der Waals surface area (Å²) < 4.78 is 3.68. The SMILES string of the molecule is CN1CCC(C(NSC(C)(C)C)c2cc(Cl)c(Cl)cc2O)CC1. The number of benzene rings is 1. The zero-order valence-corrected chi connectivity index (χ0v) is 16.5. The molecule has 1 atom stereocenters. The summed E-state index contributed by atoms with van der Waals surface area (Å²) in [5.74, 6) is 0.675. The molecule has 0 saturated carbocycles. The zero-order chi connectivity index (χ0) is 17.2. The summed E-state index contributed by atoms with van der Waals surface area (Å²) in [6, 6.07) is 3.41. The fourth-order valence-corrected chi connectivity index (χ4v) is 3.95. The second-order valence-electron chi connectivity index (χ2n) is 7.28. The molecule has 130 valence electrons. The lowest BCUT2D eigenvalue weighted by Crippen LogP contribution is -2.36. The van der Waals surface area contributed by atoms with E-state index in [4.69, 9.17) is 23.2 Å². The van der Waals surface area contributed by atoms with E-state index in [9.17, 15) is 5.11 Å². The van der Waals surface area contributed by atoms with Crippen molar-refractivity contribution in [1.29, 1.82) is 0 Å². The summed E-state index contributed by atoms with van der Waals surface area (Å²) in [6.07, 6.45) is 2.19. The van der Waals surface area contributed by atoms with Gasteiger partial charge in [0.15, 0.2) is 0 Å². The quantitative estimate of drug-likeness (QED) is 0.714. The fraction of sp³-hybridized carbons (Fsp3) is 0.647. The van der Waals surface area contributed by atoms with Crippen molar-refractivity contribution in [2.24, 2.45) is 5.92 Å². The van der Waals surface area contributed by atoms with Gasteiger partial charge in [0.05, 0.1) is 10.0 Å². The molecule has 1 saturated heterocycles. The monoisotopic (exact) mass is 376 g/mol. The fourth-order valence-electron chi connectivity index (χ4n) is 2.82. The normalized spacial score (nSPS) is 19.0. The van der Waals surface area contributed by atoms with Gasteiger partial charge in [-0.15, -0.1) is 0 Å². The van der Waals surface area contributed by atoms with Crippen LogP contribution in [0.2, 0.25) is 10.0 Å². The van der Waals surface area contributed by atoms with Crippen LogP contribution in [0.5, 0.6) is 5.75 Å². The highest BCUT2D eigenvalue weighted by Gasteiger charge is 2.30. The highest BCUT2D eigenvalue weighted by molar-refractivity contribution is 7.98. The van der Waals surface area contributed by atoms with E-state index in [1.54, 1.807) is 24.1 Å². The number of aromatic hydroxyl groups is 1. The largest absolute Gasteiger partial charge is 0.508 e. The molecule has 1 aromatic rings.